The maximum absolute atomic E-state index is 15.8. The fourth-order valence-corrected chi connectivity index (χ4v) is 13.2. The van der Waals surface area contributed by atoms with E-state index in [4.69, 9.17) is 19.9 Å². The van der Waals surface area contributed by atoms with Crippen molar-refractivity contribution < 1.29 is 13.2 Å². The van der Waals surface area contributed by atoms with Crippen molar-refractivity contribution in [2.75, 3.05) is 0 Å². The SMILES string of the molecule is [C-]#[N+]c1c(-n2c3ccc(-c4ccc(-c5ccccc5)nc4)cc3c3cc(-c4ccc(-c5ccccc5)nc4)ccc32)ccc(-c2c(C)cccc2C(F)(F)F)c1-n1c2ccc(-c3ccc(-c4ccccc4)nc3)cc2c2cc(-c3ccc(-c4ccccc4)nc3)ccc21. The third kappa shape index (κ3) is 10.1. The Balaban J connectivity index is 0.943. The van der Waals surface area contributed by atoms with Crippen molar-refractivity contribution in [1.82, 2.24) is 29.1 Å². The number of hydrogen-bond acceptors (Lipinski definition) is 4. The lowest BCUT2D eigenvalue weighted by Crippen LogP contribution is -2.10. The Kier molecular flexibility index (Phi) is 13.8. The molecule has 0 fully saturated rings. The molecule has 10 heteroatoms. The summed E-state index contributed by atoms with van der Waals surface area (Å²) in [4.78, 5) is 24.1. The van der Waals surface area contributed by atoms with Crippen LogP contribution in [0.2, 0.25) is 0 Å². The molecule has 0 radical (unpaired) electrons. The van der Waals surface area contributed by atoms with Crippen LogP contribution in [0.3, 0.4) is 0 Å². The summed E-state index contributed by atoms with van der Waals surface area (Å²) in [6, 6.07) is 89.4. The number of aryl methyl sites for hydroxylation is 1. The minimum atomic E-state index is -4.74. The maximum atomic E-state index is 15.8. The van der Waals surface area contributed by atoms with Crippen molar-refractivity contribution in [2.24, 2.45) is 0 Å². The molecule has 93 heavy (non-hydrogen) atoms. The molecule has 0 unspecified atom stereocenters. The molecule has 16 rings (SSSR count). The Morgan fingerprint density at radius 1 is 0.333 bits per heavy atom. The summed E-state index contributed by atoms with van der Waals surface area (Å²) in [6.45, 7) is 11.2. The molecule has 0 saturated heterocycles. The molecule has 0 aliphatic carbocycles. The van der Waals surface area contributed by atoms with Gasteiger partial charge in [0.15, 0.2) is 0 Å². The molecular weight excluding hydrogens is 1150 g/mol. The van der Waals surface area contributed by atoms with Gasteiger partial charge in [0.25, 0.3) is 0 Å². The number of nitrogens with zero attached hydrogens (tertiary/aromatic N) is 7. The number of rotatable bonds is 11. The van der Waals surface area contributed by atoms with Crippen molar-refractivity contribution >= 4 is 49.3 Å². The monoisotopic (exact) mass is 1200 g/mol. The predicted molar refractivity (Wildman–Crippen MR) is 371 cm³/mol. The number of aromatic nitrogens is 6. The Hall–Kier alpha value is -12.3. The molecular formula is C83H52F3N7. The molecule has 0 aliphatic rings. The number of hydrogen-bond donors (Lipinski definition) is 0. The largest absolute Gasteiger partial charge is 0.417 e. The van der Waals surface area contributed by atoms with Gasteiger partial charge in [0.1, 0.15) is 0 Å². The minimum absolute atomic E-state index is 0.0101. The molecule has 6 aromatic heterocycles. The van der Waals surface area contributed by atoms with Crippen LogP contribution in [0.25, 0.3) is 160 Å². The first-order valence-corrected chi connectivity index (χ1v) is 30.6. The van der Waals surface area contributed by atoms with Gasteiger partial charge < -0.3 is 9.13 Å². The molecule has 10 aromatic carbocycles. The van der Waals surface area contributed by atoms with Gasteiger partial charge in [0.2, 0.25) is 5.69 Å². The zero-order valence-electron chi connectivity index (χ0n) is 50.1. The second-order valence-electron chi connectivity index (χ2n) is 23.2. The van der Waals surface area contributed by atoms with Crippen LogP contribution in [0, 0.1) is 13.5 Å². The maximum Gasteiger partial charge on any atom is 0.417 e. The summed E-state index contributed by atoms with van der Waals surface area (Å²) in [6.07, 6.45) is 2.79. The predicted octanol–water partition coefficient (Wildman–Crippen LogP) is 22.3. The second kappa shape index (κ2) is 22.9. The molecule has 0 amide bonds. The Labute approximate surface area is 534 Å². The van der Waals surface area contributed by atoms with E-state index in [0.29, 0.717) is 28.0 Å². The van der Waals surface area contributed by atoms with Crippen LogP contribution in [-0.4, -0.2) is 29.1 Å². The van der Waals surface area contributed by atoms with Crippen molar-refractivity contribution in [3.63, 3.8) is 0 Å². The third-order valence-electron chi connectivity index (χ3n) is 17.7. The fourth-order valence-electron chi connectivity index (χ4n) is 13.2. The summed E-state index contributed by atoms with van der Waals surface area (Å²) in [5, 5.41) is 3.46. The summed E-state index contributed by atoms with van der Waals surface area (Å²) in [7, 11) is 0. The van der Waals surface area contributed by atoms with Crippen molar-refractivity contribution in [1.29, 1.82) is 0 Å². The number of alkyl halides is 3. The summed E-state index contributed by atoms with van der Waals surface area (Å²) >= 11 is 0. The molecule has 7 nitrogen and oxygen atoms in total. The lowest BCUT2D eigenvalue weighted by molar-refractivity contribution is -0.137. The van der Waals surface area contributed by atoms with Crippen molar-refractivity contribution in [3.8, 4) is 112 Å². The van der Waals surface area contributed by atoms with Gasteiger partial charge in [-0.1, -0.05) is 188 Å². The van der Waals surface area contributed by atoms with Gasteiger partial charge in [-0.25, -0.2) is 4.85 Å². The molecule has 440 valence electrons. The van der Waals surface area contributed by atoms with Gasteiger partial charge in [-0.05, 0) is 131 Å². The normalized spacial score (nSPS) is 11.6. The van der Waals surface area contributed by atoms with E-state index < -0.39 is 11.7 Å². The lowest BCUT2D eigenvalue weighted by atomic mass is 9.92. The average molecular weight is 1200 g/mol. The van der Waals surface area contributed by atoms with E-state index in [1.807, 2.05) is 205 Å². The van der Waals surface area contributed by atoms with Crippen LogP contribution in [-0.2, 0) is 6.18 Å². The highest BCUT2D eigenvalue weighted by Crippen LogP contribution is 2.50. The van der Waals surface area contributed by atoms with Crippen LogP contribution in [0.5, 0.6) is 0 Å². The molecule has 0 saturated carbocycles. The van der Waals surface area contributed by atoms with Gasteiger partial charge in [0, 0.05) is 90.8 Å². The van der Waals surface area contributed by atoms with E-state index in [2.05, 4.69) is 82.2 Å². The molecule has 0 spiro atoms. The highest BCUT2D eigenvalue weighted by Gasteiger charge is 2.36. The van der Waals surface area contributed by atoms with Crippen LogP contribution in [0.4, 0.5) is 18.9 Å². The fraction of sp³-hybridized carbons (Fsp3) is 0.0241. The van der Waals surface area contributed by atoms with Crippen LogP contribution >= 0.6 is 0 Å². The smallest absolute Gasteiger partial charge is 0.319 e. The molecule has 0 atom stereocenters. The standard InChI is InChI=1S/C83H52F3N7/c1-52-16-15-25-70(83(84,85)86)80(52)65-34-43-79(92-75-39-30-57(61-26-35-71(88-48-61)53-17-7-3-8-18-53)44-66(75)67-45-58(31-40-76(67)92)62-27-36-72(89-49-62)54-19-9-4-10-20-54)81(87-2)82(65)93-77-41-32-59(63-28-37-73(90-50-63)55-21-11-5-12-22-55)46-68(77)69-47-60(33-42-78(69)93)64-29-38-74(91-51-64)56-23-13-6-14-24-56/h3-51H,1H3. The summed E-state index contributed by atoms with van der Waals surface area (Å²) < 4.78 is 51.5. The highest BCUT2D eigenvalue weighted by atomic mass is 19.4. The number of fused-ring (bicyclic) bond motifs is 6. The van der Waals surface area contributed by atoms with Gasteiger partial charge in [-0.15, -0.1) is 0 Å². The van der Waals surface area contributed by atoms with E-state index in [1.54, 1.807) is 19.1 Å². The molecule has 0 aliphatic heterocycles. The zero-order chi connectivity index (χ0) is 62.7. The first-order valence-electron chi connectivity index (χ1n) is 30.6. The summed E-state index contributed by atoms with van der Waals surface area (Å²) in [5.41, 5.74) is 18.4. The molecule has 0 bridgehead atoms. The van der Waals surface area contributed by atoms with E-state index >= 15 is 13.2 Å². The molecule has 16 aromatic rings. The van der Waals surface area contributed by atoms with E-state index in [-0.39, 0.29) is 16.8 Å². The summed E-state index contributed by atoms with van der Waals surface area (Å²) in [5.74, 6) is 0. The van der Waals surface area contributed by atoms with Crippen LogP contribution in [0.1, 0.15) is 11.1 Å². The van der Waals surface area contributed by atoms with E-state index in [9.17, 15) is 6.57 Å². The Bertz CT molecular complexity index is 5290. The van der Waals surface area contributed by atoms with E-state index in [1.165, 1.54) is 6.07 Å². The number of pyridine rings is 4. The zero-order valence-corrected chi connectivity index (χ0v) is 50.1. The quantitative estimate of drug-likeness (QED) is 0.121. The number of benzene rings is 10. The molecule has 0 N–H and O–H groups in total. The Morgan fingerprint density at radius 2 is 0.667 bits per heavy atom. The van der Waals surface area contributed by atoms with Gasteiger partial charge in [-0.3, -0.25) is 19.9 Å². The van der Waals surface area contributed by atoms with E-state index in [0.717, 1.165) is 128 Å². The topological polar surface area (TPSA) is 65.8 Å². The van der Waals surface area contributed by atoms with Crippen LogP contribution in [0.15, 0.2) is 298 Å². The lowest BCUT2D eigenvalue weighted by Gasteiger charge is -2.23. The average Bonchev–Trinajstić information content (AvgIpc) is 1.60. The van der Waals surface area contributed by atoms with Gasteiger partial charge in [0.05, 0.1) is 68.4 Å². The Morgan fingerprint density at radius 3 is 0.978 bits per heavy atom. The second-order valence-corrected chi connectivity index (χ2v) is 23.2. The van der Waals surface area contributed by atoms with Gasteiger partial charge >= 0.3 is 6.18 Å². The van der Waals surface area contributed by atoms with Crippen LogP contribution < -0.4 is 0 Å². The first-order chi connectivity index (χ1) is 45.6. The highest BCUT2D eigenvalue weighted by molar-refractivity contribution is 6.15. The van der Waals surface area contributed by atoms with Gasteiger partial charge in [-0.2, -0.15) is 13.2 Å². The minimum Gasteiger partial charge on any atom is -0.319 e. The van der Waals surface area contributed by atoms with Crippen molar-refractivity contribution in [2.45, 2.75) is 13.1 Å². The van der Waals surface area contributed by atoms with Crippen molar-refractivity contribution in [3.05, 3.63) is 320 Å². The number of halogens is 3. The third-order valence-corrected chi connectivity index (χ3v) is 17.7. The first kappa shape index (κ1) is 56.0. The molecule has 6 heterocycles.